The highest BCUT2D eigenvalue weighted by molar-refractivity contribution is 5.63. The molecule has 1 aromatic carbocycles. The monoisotopic (exact) mass is 246 g/mol. The van der Waals surface area contributed by atoms with E-state index in [1.54, 1.807) is 19.1 Å². The fourth-order valence-electron chi connectivity index (χ4n) is 1.69. The first kappa shape index (κ1) is 12.3. The molecular weight excluding hydrogens is 231 g/mol. The number of nitrogens with two attached hydrogens (primary N) is 1. The summed E-state index contributed by atoms with van der Waals surface area (Å²) in [4.78, 5) is 8.07. The van der Waals surface area contributed by atoms with Crippen molar-refractivity contribution in [1.82, 2.24) is 9.97 Å². The number of nitrogen functional groups attached to an aromatic ring is 1. The van der Waals surface area contributed by atoms with Crippen molar-refractivity contribution in [3.63, 3.8) is 0 Å². The lowest BCUT2D eigenvalue weighted by atomic mass is 10.2. The van der Waals surface area contributed by atoms with Crippen molar-refractivity contribution < 1.29 is 4.39 Å². The number of hydrogen-bond acceptors (Lipinski definition) is 4. The topological polar surface area (TPSA) is 63.8 Å². The zero-order chi connectivity index (χ0) is 13.1. The second-order valence-electron chi connectivity index (χ2n) is 4.03. The molecule has 0 spiro atoms. The summed E-state index contributed by atoms with van der Waals surface area (Å²) in [7, 11) is 0. The maximum Gasteiger partial charge on any atom is 0.139 e. The minimum absolute atomic E-state index is 0.250. The molecule has 0 atom stereocenters. The lowest BCUT2D eigenvalue weighted by molar-refractivity contribution is 0.619. The van der Waals surface area contributed by atoms with Crippen LogP contribution in [-0.2, 0) is 6.42 Å². The molecule has 0 fully saturated rings. The molecule has 0 radical (unpaired) electrons. The molecule has 1 heterocycles. The molecule has 0 unspecified atom stereocenters. The van der Waals surface area contributed by atoms with Crippen molar-refractivity contribution in [2.45, 2.75) is 20.3 Å². The van der Waals surface area contributed by atoms with Crippen LogP contribution in [0.5, 0.6) is 0 Å². The van der Waals surface area contributed by atoms with E-state index in [9.17, 15) is 4.39 Å². The average Bonchev–Trinajstić information content (AvgIpc) is 2.34. The van der Waals surface area contributed by atoms with Crippen LogP contribution < -0.4 is 11.1 Å². The number of nitrogens with zero attached hydrogens (tertiary/aromatic N) is 2. The number of halogens is 1. The van der Waals surface area contributed by atoms with Crippen LogP contribution in [0, 0.1) is 12.7 Å². The molecule has 0 bridgehead atoms. The molecule has 2 rings (SSSR count). The highest BCUT2D eigenvalue weighted by atomic mass is 19.1. The van der Waals surface area contributed by atoms with E-state index < -0.39 is 0 Å². The van der Waals surface area contributed by atoms with Crippen LogP contribution in [-0.4, -0.2) is 9.97 Å². The summed E-state index contributed by atoms with van der Waals surface area (Å²) in [6.45, 7) is 3.69. The van der Waals surface area contributed by atoms with Gasteiger partial charge in [-0.15, -0.1) is 0 Å². The Morgan fingerprint density at radius 3 is 2.78 bits per heavy atom. The van der Waals surface area contributed by atoms with Crippen LogP contribution in [0.1, 0.15) is 18.1 Å². The molecule has 0 saturated carbocycles. The van der Waals surface area contributed by atoms with Crippen molar-refractivity contribution >= 4 is 17.3 Å². The Bertz CT molecular complexity index is 569. The second kappa shape index (κ2) is 5.00. The number of aryl methyl sites for hydroxylation is 1. The molecule has 0 aliphatic heterocycles. The van der Waals surface area contributed by atoms with E-state index in [0.29, 0.717) is 29.3 Å². The van der Waals surface area contributed by atoms with Gasteiger partial charge >= 0.3 is 0 Å². The smallest absolute Gasteiger partial charge is 0.139 e. The molecule has 0 saturated heterocycles. The van der Waals surface area contributed by atoms with Gasteiger partial charge in [0.2, 0.25) is 0 Å². The number of hydrogen-bond donors (Lipinski definition) is 2. The number of benzene rings is 1. The third kappa shape index (κ3) is 2.40. The minimum Gasteiger partial charge on any atom is -0.383 e. The Labute approximate surface area is 105 Å². The van der Waals surface area contributed by atoms with E-state index in [-0.39, 0.29) is 5.82 Å². The summed E-state index contributed by atoms with van der Waals surface area (Å²) in [6.07, 6.45) is 2.10. The molecule has 4 nitrogen and oxygen atoms in total. The van der Waals surface area contributed by atoms with Crippen LogP contribution in [0.2, 0.25) is 0 Å². The summed E-state index contributed by atoms with van der Waals surface area (Å²) < 4.78 is 13.4. The first-order chi connectivity index (χ1) is 8.61. The van der Waals surface area contributed by atoms with E-state index in [4.69, 9.17) is 5.73 Å². The van der Waals surface area contributed by atoms with Gasteiger partial charge in [-0.3, -0.25) is 0 Å². The highest BCUT2D eigenvalue weighted by Crippen LogP contribution is 2.23. The summed E-state index contributed by atoms with van der Waals surface area (Å²) >= 11 is 0. The highest BCUT2D eigenvalue weighted by Gasteiger charge is 2.08. The molecule has 2 aromatic rings. The number of nitrogens with one attached hydrogen (secondary N) is 1. The van der Waals surface area contributed by atoms with Crippen LogP contribution >= 0.6 is 0 Å². The van der Waals surface area contributed by atoms with Gasteiger partial charge in [0.25, 0.3) is 0 Å². The maximum absolute atomic E-state index is 13.4. The van der Waals surface area contributed by atoms with E-state index >= 15 is 0 Å². The molecule has 0 aliphatic carbocycles. The Hall–Kier alpha value is -2.17. The standard InChI is InChI=1S/C13H15FN4/c1-3-10-12(15)16-7-17-13(10)18-9-5-4-8(2)11(14)6-9/h4-7H,3H2,1-2H3,(H3,15,16,17,18). The van der Waals surface area contributed by atoms with Gasteiger partial charge in [-0.05, 0) is 31.0 Å². The van der Waals surface area contributed by atoms with E-state index in [2.05, 4.69) is 15.3 Å². The molecule has 0 amide bonds. The Morgan fingerprint density at radius 2 is 2.11 bits per heavy atom. The molecular formula is C13H15FN4. The lowest BCUT2D eigenvalue weighted by Crippen LogP contribution is -2.04. The lowest BCUT2D eigenvalue weighted by Gasteiger charge is -2.11. The van der Waals surface area contributed by atoms with E-state index in [0.717, 1.165) is 5.56 Å². The predicted molar refractivity (Wildman–Crippen MR) is 70.2 cm³/mol. The zero-order valence-corrected chi connectivity index (χ0v) is 10.4. The van der Waals surface area contributed by atoms with E-state index in [1.807, 2.05) is 6.92 Å². The number of rotatable bonds is 3. The number of aromatic nitrogens is 2. The van der Waals surface area contributed by atoms with Gasteiger partial charge < -0.3 is 11.1 Å². The van der Waals surface area contributed by atoms with Crippen LogP contribution in [0.25, 0.3) is 0 Å². The van der Waals surface area contributed by atoms with E-state index in [1.165, 1.54) is 12.4 Å². The summed E-state index contributed by atoms with van der Waals surface area (Å²) in [5.74, 6) is 0.816. The summed E-state index contributed by atoms with van der Waals surface area (Å²) in [6, 6.07) is 4.96. The zero-order valence-electron chi connectivity index (χ0n) is 10.4. The molecule has 1 aromatic heterocycles. The Balaban J connectivity index is 2.34. The SMILES string of the molecule is CCc1c(N)ncnc1Nc1ccc(C)c(F)c1. The van der Waals surface area contributed by atoms with Gasteiger partial charge in [0.1, 0.15) is 23.8 Å². The van der Waals surface area contributed by atoms with Crippen molar-refractivity contribution in [3.05, 3.63) is 41.5 Å². The summed E-state index contributed by atoms with van der Waals surface area (Å²) in [5.41, 5.74) is 7.86. The first-order valence-electron chi connectivity index (χ1n) is 5.74. The van der Waals surface area contributed by atoms with Crippen molar-refractivity contribution in [3.8, 4) is 0 Å². The molecule has 18 heavy (non-hydrogen) atoms. The van der Waals surface area contributed by atoms with Gasteiger partial charge in [0.05, 0.1) is 0 Å². The quantitative estimate of drug-likeness (QED) is 0.874. The Kier molecular flexibility index (Phi) is 3.41. The average molecular weight is 246 g/mol. The van der Waals surface area contributed by atoms with Crippen LogP contribution in [0.3, 0.4) is 0 Å². The van der Waals surface area contributed by atoms with Gasteiger partial charge in [0, 0.05) is 11.3 Å². The van der Waals surface area contributed by atoms with Crippen LogP contribution in [0.4, 0.5) is 21.7 Å². The van der Waals surface area contributed by atoms with Crippen molar-refractivity contribution in [2.75, 3.05) is 11.1 Å². The maximum atomic E-state index is 13.4. The number of anilines is 3. The molecule has 5 heteroatoms. The predicted octanol–water partition coefficient (Wildman–Crippen LogP) is 2.81. The molecule has 0 aliphatic rings. The Morgan fingerprint density at radius 1 is 1.33 bits per heavy atom. The fourth-order valence-corrected chi connectivity index (χ4v) is 1.69. The third-order valence-electron chi connectivity index (χ3n) is 2.77. The normalized spacial score (nSPS) is 10.4. The molecule has 3 N–H and O–H groups in total. The van der Waals surface area contributed by atoms with Gasteiger partial charge in [-0.2, -0.15) is 0 Å². The van der Waals surface area contributed by atoms with Crippen LogP contribution in [0.15, 0.2) is 24.5 Å². The van der Waals surface area contributed by atoms with Crippen molar-refractivity contribution in [2.24, 2.45) is 0 Å². The van der Waals surface area contributed by atoms with Gasteiger partial charge in [-0.1, -0.05) is 13.0 Å². The summed E-state index contributed by atoms with van der Waals surface area (Å²) in [5, 5.41) is 3.06. The van der Waals surface area contributed by atoms with Gasteiger partial charge in [0.15, 0.2) is 0 Å². The molecule has 94 valence electrons. The largest absolute Gasteiger partial charge is 0.383 e. The fraction of sp³-hybridized carbons (Fsp3) is 0.231. The van der Waals surface area contributed by atoms with Crippen molar-refractivity contribution in [1.29, 1.82) is 0 Å². The third-order valence-corrected chi connectivity index (χ3v) is 2.77. The second-order valence-corrected chi connectivity index (χ2v) is 4.03. The van der Waals surface area contributed by atoms with Gasteiger partial charge in [-0.25, -0.2) is 14.4 Å². The minimum atomic E-state index is -0.250. The first-order valence-corrected chi connectivity index (χ1v) is 5.74.